The highest BCUT2D eigenvalue weighted by Crippen LogP contribution is 2.15. The molecule has 1 N–H and O–H groups in total. The summed E-state index contributed by atoms with van der Waals surface area (Å²) < 4.78 is 7.43. The smallest absolute Gasteiger partial charge is 0.335 e. The molecule has 0 aromatic carbocycles. The quantitative estimate of drug-likeness (QED) is 0.739. The van der Waals surface area contributed by atoms with Crippen LogP contribution in [-0.2, 0) is 11.3 Å². The summed E-state index contributed by atoms with van der Waals surface area (Å²) in [5.74, 6) is -0.975. The summed E-state index contributed by atoms with van der Waals surface area (Å²) in [7, 11) is 4.01. The first-order chi connectivity index (χ1) is 10.6. The largest absolute Gasteiger partial charge is 0.478 e. The van der Waals surface area contributed by atoms with Gasteiger partial charge < -0.3 is 19.3 Å². The number of aromatic carboxylic acids is 1. The number of carbonyl (C=O) groups is 1. The molecule has 0 aliphatic heterocycles. The van der Waals surface area contributed by atoms with Gasteiger partial charge in [-0.25, -0.2) is 9.78 Å². The fourth-order valence-electron chi connectivity index (χ4n) is 1.84. The van der Waals surface area contributed by atoms with E-state index in [2.05, 4.69) is 14.9 Å². The molecule has 0 bridgehead atoms. The van der Waals surface area contributed by atoms with E-state index in [1.165, 1.54) is 18.3 Å². The maximum atomic E-state index is 11.0. The van der Waals surface area contributed by atoms with Crippen molar-refractivity contribution < 1.29 is 14.6 Å². The fourth-order valence-corrected chi connectivity index (χ4v) is 1.84. The van der Waals surface area contributed by atoms with Gasteiger partial charge in [0.2, 0.25) is 0 Å². The van der Waals surface area contributed by atoms with Gasteiger partial charge in [0.25, 0.3) is 0 Å². The molecule has 0 saturated heterocycles. The second-order valence-electron chi connectivity index (χ2n) is 5.15. The minimum absolute atomic E-state index is 0.201. The van der Waals surface area contributed by atoms with Gasteiger partial charge in [-0.15, -0.1) is 0 Å². The lowest BCUT2D eigenvalue weighted by molar-refractivity contribution is 0.0697. The Morgan fingerprint density at radius 1 is 1.32 bits per heavy atom. The topological polar surface area (TPSA) is 80.5 Å². The molecule has 0 saturated carbocycles. The van der Waals surface area contributed by atoms with Gasteiger partial charge in [0.1, 0.15) is 5.69 Å². The number of pyridine rings is 1. The van der Waals surface area contributed by atoms with Crippen molar-refractivity contribution in [3.05, 3.63) is 36.4 Å². The highest BCUT2D eigenvalue weighted by atomic mass is 16.5. The third kappa shape index (κ3) is 4.64. The van der Waals surface area contributed by atoms with Gasteiger partial charge >= 0.3 is 5.97 Å². The van der Waals surface area contributed by atoms with Crippen molar-refractivity contribution in [3.63, 3.8) is 0 Å². The van der Waals surface area contributed by atoms with Crippen LogP contribution in [0.4, 0.5) is 0 Å². The highest BCUT2D eigenvalue weighted by molar-refractivity contribution is 5.88. The summed E-state index contributed by atoms with van der Waals surface area (Å²) in [6, 6.07) is 2.98. The average Bonchev–Trinajstić information content (AvgIpc) is 2.95. The SMILES string of the molecule is CN(C)CCOCCn1cnc(-c2cc(C(=O)O)ccn2)c1. The number of nitrogens with zero attached hydrogens (tertiary/aromatic N) is 4. The highest BCUT2D eigenvalue weighted by Gasteiger charge is 2.08. The van der Waals surface area contributed by atoms with Crippen LogP contribution in [-0.4, -0.2) is 64.4 Å². The number of hydrogen-bond donors (Lipinski definition) is 1. The Hall–Kier alpha value is -2.25. The Morgan fingerprint density at radius 2 is 2.14 bits per heavy atom. The van der Waals surface area contributed by atoms with E-state index in [-0.39, 0.29) is 5.56 Å². The predicted molar refractivity (Wildman–Crippen MR) is 81.8 cm³/mol. The Bertz CT molecular complexity index is 625. The minimum Gasteiger partial charge on any atom is -0.478 e. The lowest BCUT2D eigenvalue weighted by atomic mass is 10.2. The number of imidazole rings is 1. The number of carboxylic acids is 1. The Kier molecular flexibility index (Phi) is 5.62. The summed E-state index contributed by atoms with van der Waals surface area (Å²) in [6.07, 6.45) is 5.01. The standard InChI is InChI=1S/C15H20N4O3/c1-18(2)5-7-22-8-6-19-10-14(17-11-19)13-9-12(15(20)21)3-4-16-13/h3-4,9-11H,5-8H2,1-2H3,(H,20,21). The van der Waals surface area contributed by atoms with Crippen LogP contribution < -0.4 is 0 Å². The molecule has 0 fully saturated rings. The second-order valence-corrected chi connectivity index (χ2v) is 5.15. The summed E-state index contributed by atoms with van der Waals surface area (Å²) in [6.45, 7) is 2.88. The van der Waals surface area contributed by atoms with E-state index in [9.17, 15) is 4.79 Å². The molecule has 0 atom stereocenters. The molecule has 0 amide bonds. The molecule has 0 aliphatic rings. The third-order valence-corrected chi connectivity index (χ3v) is 3.08. The van der Waals surface area contributed by atoms with E-state index in [1.54, 1.807) is 6.33 Å². The minimum atomic E-state index is -0.975. The van der Waals surface area contributed by atoms with Crippen molar-refractivity contribution in [2.75, 3.05) is 33.9 Å². The molecule has 2 aromatic rings. The molecule has 22 heavy (non-hydrogen) atoms. The molecule has 0 spiro atoms. The van der Waals surface area contributed by atoms with Crippen LogP contribution in [0.15, 0.2) is 30.9 Å². The van der Waals surface area contributed by atoms with Crippen LogP contribution in [0.25, 0.3) is 11.4 Å². The van der Waals surface area contributed by atoms with E-state index in [4.69, 9.17) is 9.84 Å². The Balaban J connectivity index is 1.91. The lowest BCUT2D eigenvalue weighted by Crippen LogP contribution is -2.19. The van der Waals surface area contributed by atoms with Crippen molar-refractivity contribution in [2.45, 2.75) is 6.54 Å². The molecule has 2 rings (SSSR count). The van der Waals surface area contributed by atoms with Crippen molar-refractivity contribution in [2.24, 2.45) is 0 Å². The zero-order chi connectivity index (χ0) is 15.9. The molecule has 0 radical (unpaired) electrons. The number of rotatable bonds is 8. The van der Waals surface area contributed by atoms with Crippen molar-refractivity contribution in [1.82, 2.24) is 19.4 Å². The van der Waals surface area contributed by atoms with Crippen LogP contribution in [0.5, 0.6) is 0 Å². The van der Waals surface area contributed by atoms with E-state index < -0.39 is 5.97 Å². The number of hydrogen-bond acceptors (Lipinski definition) is 5. The van der Waals surface area contributed by atoms with Crippen LogP contribution in [0, 0.1) is 0 Å². The van der Waals surface area contributed by atoms with Gasteiger partial charge in [-0.1, -0.05) is 0 Å². The Labute approximate surface area is 129 Å². The fraction of sp³-hybridized carbons (Fsp3) is 0.400. The zero-order valence-corrected chi connectivity index (χ0v) is 12.8. The number of ether oxygens (including phenoxy) is 1. The average molecular weight is 304 g/mol. The summed E-state index contributed by atoms with van der Waals surface area (Å²) in [5, 5.41) is 8.99. The molecule has 0 unspecified atom stereocenters. The van der Waals surface area contributed by atoms with Gasteiger partial charge in [0.15, 0.2) is 0 Å². The van der Waals surface area contributed by atoms with Crippen LogP contribution in [0.3, 0.4) is 0 Å². The van der Waals surface area contributed by atoms with Crippen LogP contribution in [0.1, 0.15) is 10.4 Å². The van der Waals surface area contributed by atoms with Gasteiger partial charge in [0, 0.05) is 25.5 Å². The summed E-state index contributed by atoms with van der Waals surface area (Å²) in [5.41, 5.74) is 1.40. The van der Waals surface area contributed by atoms with Gasteiger partial charge in [-0.2, -0.15) is 0 Å². The van der Waals surface area contributed by atoms with Gasteiger partial charge in [-0.05, 0) is 26.2 Å². The first-order valence-electron chi connectivity index (χ1n) is 7.00. The van der Waals surface area contributed by atoms with E-state index >= 15 is 0 Å². The molecular formula is C15H20N4O3. The van der Waals surface area contributed by atoms with E-state index in [0.717, 1.165) is 6.54 Å². The number of likely N-dealkylation sites (N-methyl/N-ethyl adjacent to an activating group) is 1. The summed E-state index contributed by atoms with van der Waals surface area (Å²) >= 11 is 0. The molecule has 7 heteroatoms. The molecule has 2 aromatic heterocycles. The molecule has 2 heterocycles. The Morgan fingerprint density at radius 3 is 2.86 bits per heavy atom. The maximum Gasteiger partial charge on any atom is 0.335 e. The maximum absolute atomic E-state index is 11.0. The zero-order valence-electron chi connectivity index (χ0n) is 12.8. The van der Waals surface area contributed by atoms with E-state index in [1.807, 2.05) is 24.9 Å². The lowest BCUT2D eigenvalue weighted by Gasteiger charge is -2.09. The molecular weight excluding hydrogens is 284 g/mol. The normalized spacial score (nSPS) is 11.0. The monoisotopic (exact) mass is 304 g/mol. The van der Waals surface area contributed by atoms with Crippen molar-refractivity contribution >= 4 is 5.97 Å². The van der Waals surface area contributed by atoms with Crippen LogP contribution in [0.2, 0.25) is 0 Å². The van der Waals surface area contributed by atoms with Crippen molar-refractivity contribution in [3.8, 4) is 11.4 Å². The third-order valence-electron chi connectivity index (χ3n) is 3.08. The van der Waals surface area contributed by atoms with E-state index in [0.29, 0.717) is 31.1 Å². The summed E-state index contributed by atoms with van der Waals surface area (Å²) in [4.78, 5) is 21.4. The molecule has 0 aliphatic carbocycles. The second kappa shape index (κ2) is 7.67. The molecule has 118 valence electrons. The first kappa shape index (κ1) is 16.1. The van der Waals surface area contributed by atoms with Crippen molar-refractivity contribution in [1.29, 1.82) is 0 Å². The van der Waals surface area contributed by atoms with Gasteiger partial charge in [0.05, 0.1) is 30.8 Å². The molecule has 7 nitrogen and oxygen atoms in total. The van der Waals surface area contributed by atoms with Gasteiger partial charge in [-0.3, -0.25) is 4.98 Å². The predicted octanol–water partition coefficient (Wildman–Crippen LogP) is 1.22. The number of carboxylic acid groups (broad SMARTS) is 1. The van der Waals surface area contributed by atoms with Crippen LogP contribution >= 0.6 is 0 Å². The first-order valence-corrected chi connectivity index (χ1v) is 7.00. The number of aromatic nitrogens is 3.